The second-order valence-electron chi connectivity index (χ2n) is 4.67. The van der Waals surface area contributed by atoms with Crippen LogP contribution in [0.3, 0.4) is 0 Å². The predicted molar refractivity (Wildman–Crippen MR) is 73.9 cm³/mol. The Morgan fingerprint density at radius 3 is 2.47 bits per heavy atom. The SMILES string of the molecule is C[C@H](NC(=O)CCCCCc1ccccc1)C(=O)O. The molecule has 0 bridgehead atoms. The average molecular weight is 263 g/mol. The zero-order valence-corrected chi connectivity index (χ0v) is 11.3. The molecule has 2 N–H and O–H groups in total. The fraction of sp³-hybridized carbons (Fsp3) is 0.467. The summed E-state index contributed by atoms with van der Waals surface area (Å²) in [4.78, 5) is 22.0. The predicted octanol–water partition coefficient (Wildman–Crippen LogP) is 2.38. The normalized spacial score (nSPS) is 11.8. The van der Waals surface area contributed by atoms with E-state index in [0.717, 1.165) is 25.7 Å². The number of hydrogen-bond donors (Lipinski definition) is 2. The summed E-state index contributed by atoms with van der Waals surface area (Å²) < 4.78 is 0. The first kappa shape index (κ1) is 15.2. The van der Waals surface area contributed by atoms with Gasteiger partial charge in [-0.25, -0.2) is 0 Å². The van der Waals surface area contributed by atoms with Crippen LogP contribution in [0.1, 0.15) is 38.2 Å². The molecule has 0 aliphatic carbocycles. The Kier molecular flexibility index (Phi) is 6.64. The van der Waals surface area contributed by atoms with Gasteiger partial charge < -0.3 is 10.4 Å². The lowest BCUT2D eigenvalue weighted by atomic mass is 10.1. The minimum atomic E-state index is -1.00. The standard InChI is InChI=1S/C15H21NO3/c1-12(15(18)19)16-14(17)11-7-3-6-10-13-8-4-2-5-9-13/h2,4-5,8-9,12H,3,6-7,10-11H2,1H3,(H,16,17)(H,18,19)/t12-/m0/s1. The van der Waals surface area contributed by atoms with Gasteiger partial charge in [-0.1, -0.05) is 36.8 Å². The second-order valence-corrected chi connectivity index (χ2v) is 4.67. The van der Waals surface area contributed by atoms with Crippen molar-refractivity contribution in [2.75, 3.05) is 0 Å². The van der Waals surface area contributed by atoms with Crippen molar-refractivity contribution >= 4 is 11.9 Å². The van der Waals surface area contributed by atoms with Gasteiger partial charge >= 0.3 is 5.97 Å². The molecule has 19 heavy (non-hydrogen) atoms. The zero-order valence-electron chi connectivity index (χ0n) is 11.3. The summed E-state index contributed by atoms with van der Waals surface area (Å²) in [6.07, 6.45) is 4.24. The number of aliphatic carboxylic acids is 1. The molecule has 0 aliphatic heterocycles. The van der Waals surface area contributed by atoms with Crippen molar-refractivity contribution in [1.82, 2.24) is 5.32 Å². The maximum Gasteiger partial charge on any atom is 0.325 e. The van der Waals surface area contributed by atoms with Crippen molar-refractivity contribution in [3.8, 4) is 0 Å². The Balaban J connectivity index is 2.08. The maximum absolute atomic E-state index is 11.4. The first-order valence-corrected chi connectivity index (χ1v) is 6.65. The van der Waals surface area contributed by atoms with Crippen molar-refractivity contribution < 1.29 is 14.7 Å². The summed E-state index contributed by atoms with van der Waals surface area (Å²) in [6, 6.07) is 9.43. The molecule has 104 valence electrons. The molecule has 0 aromatic heterocycles. The van der Waals surface area contributed by atoms with E-state index in [2.05, 4.69) is 17.4 Å². The number of rotatable bonds is 8. The van der Waals surface area contributed by atoms with E-state index < -0.39 is 12.0 Å². The van der Waals surface area contributed by atoms with Crippen LogP contribution in [-0.2, 0) is 16.0 Å². The van der Waals surface area contributed by atoms with Crippen LogP contribution in [0.2, 0.25) is 0 Å². The summed E-state index contributed by atoms with van der Waals surface area (Å²) in [5.41, 5.74) is 1.31. The number of hydrogen-bond acceptors (Lipinski definition) is 2. The van der Waals surface area contributed by atoms with E-state index in [1.807, 2.05) is 18.2 Å². The molecule has 0 saturated carbocycles. The average Bonchev–Trinajstić information content (AvgIpc) is 2.39. The van der Waals surface area contributed by atoms with Crippen LogP contribution in [0, 0.1) is 0 Å². The second kappa shape index (κ2) is 8.29. The number of carbonyl (C=O) groups excluding carboxylic acids is 1. The van der Waals surface area contributed by atoms with Gasteiger partial charge in [0.1, 0.15) is 6.04 Å². The highest BCUT2D eigenvalue weighted by molar-refractivity contribution is 5.83. The molecule has 0 radical (unpaired) electrons. The number of nitrogens with one attached hydrogen (secondary N) is 1. The van der Waals surface area contributed by atoms with Crippen molar-refractivity contribution in [1.29, 1.82) is 0 Å². The Labute approximate surface area is 113 Å². The highest BCUT2D eigenvalue weighted by Gasteiger charge is 2.12. The molecule has 1 amide bonds. The molecule has 0 aliphatic rings. The van der Waals surface area contributed by atoms with Crippen LogP contribution >= 0.6 is 0 Å². The van der Waals surface area contributed by atoms with Gasteiger partial charge in [0.25, 0.3) is 0 Å². The van der Waals surface area contributed by atoms with E-state index in [4.69, 9.17) is 5.11 Å². The van der Waals surface area contributed by atoms with E-state index in [1.165, 1.54) is 12.5 Å². The number of carboxylic acids is 1. The number of amides is 1. The molecule has 1 aromatic carbocycles. The lowest BCUT2D eigenvalue weighted by Gasteiger charge is -2.08. The Hall–Kier alpha value is -1.84. The lowest BCUT2D eigenvalue weighted by Crippen LogP contribution is -2.38. The fourth-order valence-electron chi connectivity index (χ4n) is 1.81. The highest BCUT2D eigenvalue weighted by Crippen LogP contribution is 2.07. The van der Waals surface area contributed by atoms with Crippen molar-refractivity contribution in [2.45, 2.75) is 45.1 Å². The third-order valence-electron chi connectivity index (χ3n) is 2.96. The van der Waals surface area contributed by atoms with Crippen LogP contribution in [0.25, 0.3) is 0 Å². The first-order chi connectivity index (χ1) is 9.09. The Morgan fingerprint density at radius 2 is 1.84 bits per heavy atom. The molecule has 0 heterocycles. The largest absolute Gasteiger partial charge is 0.480 e. The van der Waals surface area contributed by atoms with E-state index in [1.54, 1.807) is 0 Å². The molecular weight excluding hydrogens is 242 g/mol. The fourth-order valence-corrected chi connectivity index (χ4v) is 1.81. The van der Waals surface area contributed by atoms with E-state index >= 15 is 0 Å². The number of unbranched alkanes of at least 4 members (excludes halogenated alkanes) is 2. The lowest BCUT2D eigenvalue weighted by molar-refractivity contribution is -0.141. The summed E-state index contributed by atoms with van der Waals surface area (Å²) >= 11 is 0. The first-order valence-electron chi connectivity index (χ1n) is 6.65. The monoisotopic (exact) mass is 263 g/mol. The van der Waals surface area contributed by atoms with Crippen LogP contribution in [-0.4, -0.2) is 23.0 Å². The molecule has 1 atom stereocenters. The number of benzene rings is 1. The van der Waals surface area contributed by atoms with Crippen molar-refractivity contribution in [2.24, 2.45) is 0 Å². The summed E-state index contributed by atoms with van der Waals surface area (Å²) in [5.74, 6) is -1.19. The number of carbonyl (C=O) groups is 2. The van der Waals surface area contributed by atoms with Crippen LogP contribution in [0.15, 0.2) is 30.3 Å². The highest BCUT2D eigenvalue weighted by atomic mass is 16.4. The van der Waals surface area contributed by atoms with Crippen molar-refractivity contribution in [3.05, 3.63) is 35.9 Å². The number of aryl methyl sites for hydroxylation is 1. The molecule has 4 nitrogen and oxygen atoms in total. The summed E-state index contributed by atoms with van der Waals surface area (Å²) in [6.45, 7) is 1.47. The maximum atomic E-state index is 11.4. The van der Waals surface area contributed by atoms with Crippen LogP contribution in [0.5, 0.6) is 0 Å². The van der Waals surface area contributed by atoms with Crippen LogP contribution in [0.4, 0.5) is 0 Å². The topological polar surface area (TPSA) is 66.4 Å². The van der Waals surface area contributed by atoms with Gasteiger partial charge in [-0.15, -0.1) is 0 Å². The summed E-state index contributed by atoms with van der Waals surface area (Å²) in [5, 5.41) is 11.1. The Bertz CT molecular complexity index is 403. The molecule has 0 unspecified atom stereocenters. The van der Waals surface area contributed by atoms with Crippen molar-refractivity contribution in [3.63, 3.8) is 0 Å². The quantitative estimate of drug-likeness (QED) is 0.708. The van der Waals surface area contributed by atoms with Gasteiger partial charge in [-0.3, -0.25) is 9.59 Å². The van der Waals surface area contributed by atoms with Gasteiger partial charge in [-0.05, 0) is 31.7 Å². The smallest absolute Gasteiger partial charge is 0.325 e. The Morgan fingerprint density at radius 1 is 1.16 bits per heavy atom. The van der Waals surface area contributed by atoms with E-state index in [-0.39, 0.29) is 5.91 Å². The zero-order chi connectivity index (χ0) is 14.1. The molecular formula is C15H21NO3. The van der Waals surface area contributed by atoms with Crippen LogP contribution < -0.4 is 5.32 Å². The minimum absolute atomic E-state index is 0.186. The molecule has 1 rings (SSSR count). The van der Waals surface area contributed by atoms with Gasteiger partial charge in [0.2, 0.25) is 5.91 Å². The summed E-state index contributed by atoms with van der Waals surface area (Å²) in [7, 11) is 0. The molecule has 1 aromatic rings. The third kappa shape index (κ3) is 6.60. The van der Waals surface area contributed by atoms with Gasteiger partial charge in [0, 0.05) is 6.42 Å². The van der Waals surface area contributed by atoms with E-state index in [0.29, 0.717) is 6.42 Å². The minimum Gasteiger partial charge on any atom is -0.480 e. The number of carboxylic acid groups (broad SMARTS) is 1. The molecule has 4 heteroatoms. The van der Waals surface area contributed by atoms with Gasteiger partial charge in [0.15, 0.2) is 0 Å². The molecule has 0 fully saturated rings. The van der Waals surface area contributed by atoms with Gasteiger partial charge in [0.05, 0.1) is 0 Å². The molecule has 0 saturated heterocycles. The van der Waals surface area contributed by atoms with E-state index in [9.17, 15) is 9.59 Å². The third-order valence-corrected chi connectivity index (χ3v) is 2.96. The molecule has 0 spiro atoms. The van der Waals surface area contributed by atoms with Gasteiger partial charge in [-0.2, -0.15) is 0 Å².